The van der Waals surface area contributed by atoms with Crippen LogP contribution in [0.1, 0.15) is 0 Å². The Bertz CT molecular complexity index is 563. The Labute approximate surface area is 108 Å². The summed E-state index contributed by atoms with van der Waals surface area (Å²) >= 11 is 1.40. The fraction of sp³-hybridized carbons (Fsp3) is 0.167. The molecule has 0 unspecified atom stereocenters. The van der Waals surface area contributed by atoms with Gasteiger partial charge in [0.2, 0.25) is 0 Å². The van der Waals surface area contributed by atoms with Gasteiger partial charge in [-0.2, -0.15) is 0 Å². The molecule has 0 atom stereocenters. The average Bonchev–Trinajstić information content (AvgIpc) is 2.41. The molecule has 0 bridgehead atoms. The minimum absolute atomic E-state index is 0.556. The van der Waals surface area contributed by atoms with Gasteiger partial charge in [-0.3, -0.25) is 0 Å². The molecule has 2 aromatic rings. The predicted octanol–water partition coefficient (Wildman–Crippen LogP) is 1.98. The molecule has 0 aliphatic carbocycles. The third-order valence-electron chi connectivity index (χ3n) is 2.42. The summed E-state index contributed by atoms with van der Waals surface area (Å²) in [5, 5.41) is 0.654. The molecule has 0 saturated heterocycles. The first-order chi connectivity index (χ1) is 8.83. The first-order valence-electron chi connectivity index (χ1n) is 5.47. The molecular formula is C12H11N3O2S. The highest BCUT2D eigenvalue weighted by molar-refractivity contribution is 7.99. The molecule has 1 aliphatic heterocycles. The van der Waals surface area contributed by atoms with E-state index in [4.69, 9.17) is 15.2 Å². The monoisotopic (exact) mass is 261 g/mol. The highest BCUT2D eigenvalue weighted by atomic mass is 32.2. The molecule has 92 valence electrons. The van der Waals surface area contributed by atoms with Gasteiger partial charge in [0.05, 0.1) is 0 Å². The largest absolute Gasteiger partial charge is 0.486 e. The van der Waals surface area contributed by atoms with Gasteiger partial charge in [0.1, 0.15) is 13.2 Å². The zero-order valence-electron chi connectivity index (χ0n) is 9.50. The number of ether oxygens (including phenoxy) is 2. The lowest BCUT2D eigenvalue weighted by Crippen LogP contribution is -2.15. The van der Waals surface area contributed by atoms with Crippen LogP contribution in [0, 0.1) is 0 Å². The Morgan fingerprint density at radius 3 is 2.44 bits per heavy atom. The first kappa shape index (κ1) is 11.2. The number of hydrogen-bond donors (Lipinski definition) is 1. The van der Waals surface area contributed by atoms with Crippen LogP contribution in [0.5, 0.6) is 11.5 Å². The average molecular weight is 261 g/mol. The van der Waals surface area contributed by atoms with Crippen molar-refractivity contribution >= 4 is 17.4 Å². The number of hydrogen-bond acceptors (Lipinski definition) is 6. The molecule has 2 N–H and O–H groups in total. The first-order valence-corrected chi connectivity index (χ1v) is 6.28. The van der Waals surface area contributed by atoms with Crippen molar-refractivity contribution in [2.45, 2.75) is 10.1 Å². The van der Waals surface area contributed by atoms with Gasteiger partial charge < -0.3 is 15.2 Å². The number of nitrogens with zero attached hydrogens (tertiary/aromatic N) is 2. The van der Waals surface area contributed by atoms with Crippen molar-refractivity contribution in [3.63, 3.8) is 0 Å². The third-order valence-corrected chi connectivity index (χ3v) is 3.38. The van der Waals surface area contributed by atoms with Gasteiger partial charge in [0.25, 0.3) is 0 Å². The maximum Gasteiger partial charge on any atom is 0.192 e. The lowest BCUT2D eigenvalue weighted by atomic mass is 10.2. The Balaban J connectivity index is 1.92. The van der Waals surface area contributed by atoms with Crippen LogP contribution < -0.4 is 15.2 Å². The van der Waals surface area contributed by atoms with E-state index in [0.717, 1.165) is 4.90 Å². The van der Waals surface area contributed by atoms with Crippen molar-refractivity contribution in [2.24, 2.45) is 0 Å². The number of nitrogens with two attached hydrogens (primary N) is 1. The summed E-state index contributed by atoms with van der Waals surface area (Å²) in [4.78, 5) is 9.17. The summed E-state index contributed by atoms with van der Waals surface area (Å²) in [6.07, 6.45) is 3.40. The molecule has 6 heteroatoms. The van der Waals surface area contributed by atoms with Gasteiger partial charge in [-0.25, -0.2) is 9.97 Å². The summed E-state index contributed by atoms with van der Waals surface area (Å²) in [6, 6.07) is 5.42. The van der Waals surface area contributed by atoms with Crippen LogP contribution in [0.2, 0.25) is 0 Å². The Morgan fingerprint density at radius 2 is 1.72 bits per heavy atom. The van der Waals surface area contributed by atoms with Gasteiger partial charge in [-0.05, 0) is 17.8 Å². The zero-order chi connectivity index (χ0) is 12.4. The van der Waals surface area contributed by atoms with Crippen LogP contribution >= 0.6 is 11.8 Å². The van der Waals surface area contributed by atoms with E-state index in [1.165, 1.54) is 11.8 Å². The topological polar surface area (TPSA) is 70.3 Å². The van der Waals surface area contributed by atoms with Crippen LogP contribution in [0.15, 0.2) is 40.6 Å². The number of fused-ring (bicyclic) bond motifs is 1. The van der Waals surface area contributed by atoms with E-state index in [1.807, 2.05) is 6.07 Å². The number of nitrogen functional groups attached to an aromatic ring is 1. The molecule has 18 heavy (non-hydrogen) atoms. The highest BCUT2D eigenvalue weighted by Gasteiger charge is 2.15. The Morgan fingerprint density at radius 1 is 1.06 bits per heavy atom. The van der Waals surface area contributed by atoms with Gasteiger partial charge in [-0.1, -0.05) is 0 Å². The minimum atomic E-state index is 0.556. The molecule has 1 aliphatic rings. The van der Waals surface area contributed by atoms with E-state index in [2.05, 4.69) is 9.97 Å². The lowest BCUT2D eigenvalue weighted by Gasteiger charge is -2.19. The normalized spacial score (nSPS) is 13.3. The van der Waals surface area contributed by atoms with Gasteiger partial charge in [0.15, 0.2) is 16.7 Å². The van der Waals surface area contributed by atoms with Crippen molar-refractivity contribution in [3.05, 3.63) is 30.6 Å². The van der Waals surface area contributed by atoms with E-state index in [9.17, 15) is 0 Å². The summed E-state index contributed by atoms with van der Waals surface area (Å²) in [5.41, 5.74) is 6.62. The van der Waals surface area contributed by atoms with Crippen molar-refractivity contribution in [3.8, 4) is 11.5 Å². The highest BCUT2D eigenvalue weighted by Crippen LogP contribution is 2.39. The van der Waals surface area contributed by atoms with E-state index < -0.39 is 0 Å². The second kappa shape index (κ2) is 4.73. The summed E-state index contributed by atoms with van der Waals surface area (Å²) < 4.78 is 11.0. The maximum absolute atomic E-state index is 5.98. The van der Waals surface area contributed by atoms with Crippen LogP contribution in [-0.2, 0) is 0 Å². The van der Waals surface area contributed by atoms with Gasteiger partial charge in [0, 0.05) is 35.1 Å². The van der Waals surface area contributed by atoms with Crippen molar-refractivity contribution in [2.75, 3.05) is 18.9 Å². The van der Waals surface area contributed by atoms with Gasteiger partial charge >= 0.3 is 0 Å². The quantitative estimate of drug-likeness (QED) is 0.658. The number of rotatable bonds is 2. The van der Waals surface area contributed by atoms with E-state index in [0.29, 0.717) is 35.6 Å². The van der Waals surface area contributed by atoms with E-state index >= 15 is 0 Å². The smallest absolute Gasteiger partial charge is 0.192 e. The van der Waals surface area contributed by atoms with Crippen LogP contribution in [-0.4, -0.2) is 23.2 Å². The minimum Gasteiger partial charge on any atom is -0.486 e. The van der Waals surface area contributed by atoms with E-state index in [-0.39, 0.29) is 0 Å². The van der Waals surface area contributed by atoms with Crippen LogP contribution in [0.25, 0.3) is 0 Å². The molecule has 1 aromatic heterocycles. The lowest BCUT2D eigenvalue weighted by molar-refractivity contribution is 0.171. The molecule has 1 aromatic carbocycles. The second-order valence-electron chi connectivity index (χ2n) is 3.67. The van der Waals surface area contributed by atoms with Gasteiger partial charge in [-0.15, -0.1) is 0 Å². The fourth-order valence-electron chi connectivity index (χ4n) is 1.61. The third kappa shape index (κ3) is 2.19. The van der Waals surface area contributed by atoms with Crippen LogP contribution in [0.4, 0.5) is 5.69 Å². The molecule has 0 fully saturated rings. The van der Waals surface area contributed by atoms with Crippen molar-refractivity contribution < 1.29 is 9.47 Å². The molecule has 5 nitrogen and oxygen atoms in total. The molecule has 0 radical (unpaired) electrons. The molecule has 3 rings (SSSR count). The molecule has 2 heterocycles. The molecule has 0 amide bonds. The Kier molecular flexibility index (Phi) is 2.93. The maximum atomic E-state index is 5.98. The van der Waals surface area contributed by atoms with Crippen molar-refractivity contribution in [1.29, 1.82) is 0 Å². The number of benzene rings is 1. The standard InChI is InChI=1S/C12H11N3O2S/c13-8-6-9-10(17-5-4-16-9)7-11(8)18-12-14-2-1-3-15-12/h1-3,6-7H,4-5,13H2. The second-order valence-corrected chi connectivity index (χ2v) is 4.68. The summed E-state index contributed by atoms with van der Waals surface area (Å²) in [7, 11) is 0. The number of aromatic nitrogens is 2. The van der Waals surface area contributed by atoms with E-state index in [1.54, 1.807) is 24.5 Å². The molecular weight excluding hydrogens is 250 g/mol. The van der Waals surface area contributed by atoms with Crippen molar-refractivity contribution in [1.82, 2.24) is 9.97 Å². The fourth-order valence-corrected chi connectivity index (χ4v) is 2.38. The summed E-state index contributed by atoms with van der Waals surface area (Å²) in [6.45, 7) is 1.11. The molecule has 0 saturated carbocycles. The molecule has 0 spiro atoms. The van der Waals surface area contributed by atoms with Crippen LogP contribution in [0.3, 0.4) is 0 Å². The zero-order valence-corrected chi connectivity index (χ0v) is 10.3. The SMILES string of the molecule is Nc1cc2c(cc1Sc1ncccn1)OCCO2. The summed E-state index contributed by atoms with van der Waals surface area (Å²) in [5.74, 6) is 1.41. The Hall–Kier alpha value is -1.95. The number of anilines is 1. The predicted molar refractivity (Wildman–Crippen MR) is 68.0 cm³/mol.